The highest BCUT2D eigenvalue weighted by Crippen LogP contribution is 2.28. The molecule has 0 aliphatic heterocycles. The highest BCUT2D eigenvalue weighted by molar-refractivity contribution is 7.20. The van der Waals surface area contributed by atoms with Crippen molar-refractivity contribution in [3.63, 3.8) is 0 Å². The first-order valence-electron chi connectivity index (χ1n) is 10.1. The number of nitrogens with zero attached hydrogens (tertiary/aromatic N) is 3. The fourth-order valence-corrected chi connectivity index (χ4v) is 4.67. The van der Waals surface area contributed by atoms with Gasteiger partial charge < -0.3 is 14.8 Å². The lowest BCUT2D eigenvalue weighted by Crippen LogP contribution is -2.36. The summed E-state index contributed by atoms with van der Waals surface area (Å²) < 4.78 is 1.77. The zero-order chi connectivity index (χ0) is 22.5. The molecule has 164 valence electrons. The summed E-state index contributed by atoms with van der Waals surface area (Å²) in [6.07, 6.45) is 3.88. The number of rotatable bonds is 8. The standard InChI is InChI=1S/C22H26N4O3S2/c1-5-14(3)26-11-16(20(28)23-6-2)19(27)17(12-26)22(29)25(4)10-15-13-31-21(24-15)18-8-7-9-30-18/h7-9,11-14H,5-6,10H2,1-4H3,(H,23,28). The van der Waals surface area contributed by atoms with E-state index >= 15 is 0 Å². The van der Waals surface area contributed by atoms with E-state index in [0.29, 0.717) is 6.54 Å². The number of aromatic nitrogens is 2. The van der Waals surface area contributed by atoms with Crippen LogP contribution in [-0.2, 0) is 6.54 Å². The fourth-order valence-electron chi connectivity index (χ4n) is 3.05. The maximum atomic E-state index is 13.2. The van der Waals surface area contributed by atoms with E-state index in [1.54, 1.807) is 36.1 Å². The first kappa shape index (κ1) is 22.9. The zero-order valence-electron chi connectivity index (χ0n) is 18.0. The van der Waals surface area contributed by atoms with Gasteiger partial charge in [-0.05, 0) is 31.7 Å². The molecule has 0 radical (unpaired) electrons. The molecule has 0 aliphatic carbocycles. The number of carbonyl (C=O) groups is 2. The monoisotopic (exact) mass is 458 g/mol. The summed E-state index contributed by atoms with van der Waals surface area (Å²) in [6.45, 7) is 6.44. The topological polar surface area (TPSA) is 84.3 Å². The smallest absolute Gasteiger partial charge is 0.259 e. The number of nitrogens with one attached hydrogen (secondary N) is 1. The maximum Gasteiger partial charge on any atom is 0.259 e. The quantitative estimate of drug-likeness (QED) is 0.552. The molecule has 1 N–H and O–H groups in total. The normalized spacial score (nSPS) is 11.9. The second-order valence-corrected chi connectivity index (χ2v) is 9.07. The minimum Gasteiger partial charge on any atom is -0.352 e. The van der Waals surface area contributed by atoms with Crippen LogP contribution in [0.4, 0.5) is 0 Å². The molecular weight excluding hydrogens is 432 g/mol. The molecule has 0 spiro atoms. The van der Waals surface area contributed by atoms with Crippen molar-refractivity contribution >= 4 is 34.5 Å². The summed E-state index contributed by atoms with van der Waals surface area (Å²) in [4.78, 5) is 45.7. The first-order chi connectivity index (χ1) is 14.8. The molecule has 0 saturated carbocycles. The predicted molar refractivity (Wildman–Crippen MR) is 125 cm³/mol. The summed E-state index contributed by atoms with van der Waals surface area (Å²) in [5.74, 6) is -0.902. The summed E-state index contributed by atoms with van der Waals surface area (Å²) in [6, 6.07) is 4.02. The molecular formula is C22H26N4O3S2. The minimum absolute atomic E-state index is 0.0136. The van der Waals surface area contributed by atoms with Crippen LogP contribution in [0.3, 0.4) is 0 Å². The van der Waals surface area contributed by atoms with Crippen molar-refractivity contribution in [2.24, 2.45) is 0 Å². The Morgan fingerprint density at radius 1 is 1.23 bits per heavy atom. The molecule has 7 nitrogen and oxygen atoms in total. The van der Waals surface area contributed by atoms with Gasteiger partial charge in [-0.15, -0.1) is 22.7 Å². The summed E-state index contributed by atoms with van der Waals surface area (Å²) in [5.41, 5.74) is 0.168. The van der Waals surface area contributed by atoms with E-state index in [-0.39, 0.29) is 23.7 Å². The van der Waals surface area contributed by atoms with Gasteiger partial charge in [0, 0.05) is 37.4 Å². The Balaban J connectivity index is 1.89. The van der Waals surface area contributed by atoms with Crippen LogP contribution in [-0.4, -0.2) is 39.9 Å². The average molecular weight is 459 g/mol. The number of pyridine rings is 1. The molecule has 1 unspecified atom stereocenters. The summed E-state index contributed by atoms with van der Waals surface area (Å²) >= 11 is 3.14. The van der Waals surface area contributed by atoms with Gasteiger partial charge in [-0.2, -0.15) is 0 Å². The van der Waals surface area contributed by atoms with E-state index in [0.717, 1.165) is 22.0 Å². The van der Waals surface area contributed by atoms with E-state index in [1.807, 2.05) is 36.7 Å². The molecule has 0 aliphatic rings. The molecule has 0 saturated heterocycles. The molecule has 3 rings (SSSR count). The highest BCUT2D eigenvalue weighted by Gasteiger charge is 2.23. The fraction of sp³-hybridized carbons (Fsp3) is 0.364. The van der Waals surface area contributed by atoms with Gasteiger partial charge in [0.1, 0.15) is 16.1 Å². The molecule has 2 amide bonds. The van der Waals surface area contributed by atoms with Gasteiger partial charge in [-0.1, -0.05) is 13.0 Å². The zero-order valence-corrected chi connectivity index (χ0v) is 19.7. The maximum absolute atomic E-state index is 13.2. The van der Waals surface area contributed by atoms with Crippen LogP contribution < -0.4 is 10.7 Å². The molecule has 31 heavy (non-hydrogen) atoms. The SMILES string of the molecule is CCNC(=O)c1cn(C(C)CC)cc(C(=O)N(C)Cc2csc(-c3cccs3)n2)c1=O. The second kappa shape index (κ2) is 10.0. The molecule has 0 aromatic carbocycles. The highest BCUT2D eigenvalue weighted by atomic mass is 32.1. The van der Waals surface area contributed by atoms with Gasteiger partial charge in [-0.25, -0.2) is 4.98 Å². The molecule has 0 bridgehead atoms. The van der Waals surface area contributed by atoms with Crippen molar-refractivity contribution in [3.8, 4) is 9.88 Å². The molecule has 1 atom stereocenters. The van der Waals surface area contributed by atoms with Gasteiger partial charge in [0.05, 0.1) is 17.1 Å². The van der Waals surface area contributed by atoms with Crippen LogP contribution in [0.1, 0.15) is 59.6 Å². The van der Waals surface area contributed by atoms with Crippen LogP contribution in [0.2, 0.25) is 0 Å². The third-order valence-corrected chi connectivity index (χ3v) is 6.92. The van der Waals surface area contributed by atoms with Crippen molar-refractivity contribution in [1.29, 1.82) is 0 Å². The van der Waals surface area contributed by atoms with Crippen LogP contribution in [0.5, 0.6) is 0 Å². The van der Waals surface area contributed by atoms with Gasteiger partial charge in [0.15, 0.2) is 0 Å². The summed E-state index contributed by atoms with van der Waals surface area (Å²) in [7, 11) is 1.64. The van der Waals surface area contributed by atoms with Crippen molar-refractivity contribution in [3.05, 3.63) is 62.3 Å². The Hall–Kier alpha value is -2.78. The van der Waals surface area contributed by atoms with E-state index < -0.39 is 17.2 Å². The minimum atomic E-state index is -0.556. The summed E-state index contributed by atoms with van der Waals surface area (Å²) in [5, 5.41) is 7.47. The lowest BCUT2D eigenvalue weighted by Gasteiger charge is -2.20. The molecule has 3 heterocycles. The Morgan fingerprint density at radius 3 is 2.61 bits per heavy atom. The molecule has 3 aromatic heterocycles. The molecule has 0 fully saturated rings. The van der Waals surface area contributed by atoms with E-state index in [4.69, 9.17) is 0 Å². The van der Waals surface area contributed by atoms with Crippen molar-refractivity contribution < 1.29 is 9.59 Å². The van der Waals surface area contributed by atoms with Crippen LogP contribution in [0.25, 0.3) is 9.88 Å². The Labute approximate surface area is 189 Å². The van der Waals surface area contributed by atoms with Crippen LogP contribution in [0, 0.1) is 0 Å². The number of thiazole rings is 1. The first-order valence-corrected chi connectivity index (χ1v) is 11.9. The van der Waals surface area contributed by atoms with E-state index in [9.17, 15) is 14.4 Å². The second-order valence-electron chi connectivity index (χ2n) is 7.26. The average Bonchev–Trinajstić information content (AvgIpc) is 3.45. The third-order valence-electron chi connectivity index (χ3n) is 4.99. The molecule has 9 heteroatoms. The van der Waals surface area contributed by atoms with Gasteiger partial charge in [-0.3, -0.25) is 14.4 Å². The van der Waals surface area contributed by atoms with Gasteiger partial charge in [0.25, 0.3) is 11.8 Å². The Morgan fingerprint density at radius 2 is 1.97 bits per heavy atom. The number of hydrogen-bond donors (Lipinski definition) is 1. The van der Waals surface area contributed by atoms with Crippen LogP contribution >= 0.6 is 22.7 Å². The lowest BCUT2D eigenvalue weighted by atomic mass is 10.1. The number of thiophene rings is 1. The number of hydrogen-bond acceptors (Lipinski definition) is 6. The third kappa shape index (κ3) is 5.11. The molecule has 3 aromatic rings. The van der Waals surface area contributed by atoms with Crippen molar-refractivity contribution in [2.75, 3.05) is 13.6 Å². The van der Waals surface area contributed by atoms with Crippen molar-refractivity contribution in [2.45, 2.75) is 39.8 Å². The Bertz CT molecular complexity index is 1120. The number of amides is 2. The lowest BCUT2D eigenvalue weighted by molar-refractivity contribution is 0.0781. The van der Waals surface area contributed by atoms with Crippen LogP contribution in [0.15, 0.2) is 40.1 Å². The largest absolute Gasteiger partial charge is 0.352 e. The van der Waals surface area contributed by atoms with Crippen molar-refractivity contribution in [1.82, 2.24) is 19.8 Å². The Kier molecular flexibility index (Phi) is 7.40. The van der Waals surface area contributed by atoms with Gasteiger partial charge in [0.2, 0.25) is 5.43 Å². The number of carbonyl (C=O) groups excluding carboxylic acids is 2. The van der Waals surface area contributed by atoms with Gasteiger partial charge >= 0.3 is 0 Å². The predicted octanol–water partition coefficient (Wildman–Crippen LogP) is 4.03. The van der Waals surface area contributed by atoms with E-state index in [2.05, 4.69) is 10.3 Å². The van der Waals surface area contributed by atoms with E-state index in [1.165, 1.54) is 22.4 Å².